The molecule has 2 unspecified atom stereocenters. The summed E-state index contributed by atoms with van der Waals surface area (Å²) in [6.07, 6.45) is 5.78. The molecule has 17 heavy (non-hydrogen) atoms. The summed E-state index contributed by atoms with van der Waals surface area (Å²) in [6.45, 7) is 9.22. The van der Waals surface area contributed by atoms with E-state index in [0.717, 1.165) is 5.92 Å². The maximum absolute atomic E-state index is 5.95. The fourth-order valence-electron chi connectivity index (χ4n) is 3.14. The van der Waals surface area contributed by atoms with Crippen LogP contribution in [0.4, 0.5) is 0 Å². The third kappa shape index (κ3) is 3.01. The SMILES string of the molecule is CC1OC(C2CCC(C(C)(C)C)CC2)NN1C. The van der Waals surface area contributed by atoms with Gasteiger partial charge in [-0.3, -0.25) is 0 Å². The van der Waals surface area contributed by atoms with Gasteiger partial charge < -0.3 is 4.74 Å². The molecule has 0 radical (unpaired) electrons. The van der Waals surface area contributed by atoms with Crippen LogP contribution in [-0.4, -0.2) is 24.5 Å². The van der Waals surface area contributed by atoms with E-state index < -0.39 is 0 Å². The highest BCUT2D eigenvalue weighted by atomic mass is 16.6. The molecule has 1 saturated heterocycles. The van der Waals surface area contributed by atoms with Gasteiger partial charge in [-0.2, -0.15) is 0 Å². The van der Waals surface area contributed by atoms with E-state index in [4.69, 9.17) is 4.74 Å². The van der Waals surface area contributed by atoms with Crippen LogP contribution in [0, 0.1) is 17.3 Å². The second-order valence-electron chi connectivity index (χ2n) is 6.87. The van der Waals surface area contributed by atoms with Crippen LogP contribution in [0.5, 0.6) is 0 Å². The minimum Gasteiger partial charge on any atom is -0.343 e. The lowest BCUT2D eigenvalue weighted by Crippen LogP contribution is -2.40. The summed E-state index contributed by atoms with van der Waals surface area (Å²) in [5, 5.41) is 2.08. The Bertz CT molecular complexity index is 243. The van der Waals surface area contributed by atoms with Gasteiger partial charge >= 0.3 is 0 Å². The van der Waals surface area contributed by atoms with Gasteiger partial charge in [-0.1, -0.05) is 20.8 Å². The molecule has 2 atom stereocenters. The van der Waals surface area contributed by atoms with Crippen molar-refractivity contribution in [2.45, 2.75) is 65.8 Å². The summed E-state index contributed by atoms with van der Waals surface area (Å²) in [6, 6.07) is 0. The molecular weight excluding hydrogens is 212 g/mol. The quantitative estimate of drug-likeness (QED) is 0.762. The van der Waals surface area contributed by atoms with Crippen molar-refractivity contribution in [1.29, 1.82) is 0 Å². The fraction of sp³-hybridized carbons (Fsp3) is 1.00. The van der Waals surface area contributed by atoms with Crippen LogP contribution < -0.4 is 5.43 Å². The number of nitrogens with zero attached hydrogens (tertiary/aromatic N) is 1. The molecule has 3 heteroatoms. The number of rotatable bonds is 1. The van der Waals surface area contributed by atoms with Crippen LogP contribution in [0.2, 0.25) is 0 Å². The molecule has 1 heterocycles. The molecule has 100 valence electrons. The summed E-state index contributed by atoms with van der Waals surface area (Å²) in [5.41, 5.74) is 3.91. The Morgan fingerprint density at radius 3 is 2.12 bits per heavy atom. The normalized spacial score (nSPS) is 40.8. The lowest BCUT2D eigenvalue weighted by atomic mass is 9.69. The Kier molecular flexibility index (Phi) is 3.81. The van der Waals surface area contributed by atoms with Gasteiger partial charge in [0.2, 0.25) is 0 Å². The Hall–Kier alpha value is -0.120. The zero-order valence-electron chi connectivity index (χ0n) is 12.0. The largest absolute Gasteiger partial charge is 0.343 e. The van der Waals surface area contributed by atoms with Crippen LogP contribution in [-0.2, 0) is 4.74 Å². The Morgan fingerprint density at radius 2 is 1.71 bits per heavy atom. The summed E-state index contributed by atoms with van der Waals surface area (Å²) in [4.78, 5) is 0. The Labute approximate surface area is 106 Å². The first-order valence-electron chi connectivity index (χ1n) is 7.02. The van der Waals surface area contributed by atoms with E-state index in [-0.39, 0.29) is 12.5 Å². The van der Waals surface area contributed by atoms with Crippen molar-refractivity contribution < 1.29 is 4.74 Å². The van der Waals surface area contributed by atoms with Crippen molar-refractivity contribution in [3.05, 3.63) is 0 Å². The third-order valence-electron chi connectivity index (χ3n) is 4.64. The van der Waals surface area contributed by atoms with Crippen LogP contribution in [0.3, 0.4) is 0 Å². The monoisotopic (exact) mass is 240 g/mol. The molecule has 2 fully saturated rings. The fourth-order valence-corrected chi connectivity index (χ4v) is 3.14. The highest BCUT2D eigenvalue weighted by molar-refractivity contribution is 4.84. The molecule has 0 amide bonds. The van der Waals surface area contributed by atoms with E-state index in [0.29, 0.717) is 11.3 Å². The van der Waals surface area contributed by atoms with Gasteiger partial charge in [-0.25, -0.2) is 10.4 Å². The lowest BCUT2D eigenvalue weighted by molar-refractivity contribution is -0.0208. The highest BCUT2D eigenvalue weighted by Gasteiger charge is 2.37. The Morgan fingerprint density at radius 1 is 1.12 bits per heavy atom. The average Bonchev–Trinajstić information content (AvgIpc) is 2.58. The zero-order valence-corrected chi connectivity index (χ0v) is 12.0. The summed E-state index contributed by atoms with van der Waals surface area (Å²) >= 11 is 0. The molecule has 1 N–H and O–H groups in total. The second-order valence-corrected chi connectivity index (χ2v) is 6.87. The topological polar surface area (TPSA) is 24.5 Å². The average molecular weight is 240 g/mol. The van der Waals surface area contributed by atoms with Crippen molar-refractivity contribution in [1.82, 2.24) is 10.4 Å². The molecule has 0 aromatic heterocycles. The molecule has 2 rings (SSSR count). The van der Waals surface area contributed by atoms with Gasteiger partial charge in [0.15, 0.2) is 0 Å². The molecular formula is C14H28N2O. The second kappa shape index (κ2) is 4.87. The van der Waals surface area contributed by atoms with Crippen molar-refractivity contribution in [3.63, 3.8) is 0 Å². The molecule has 1 saturated carbocycles. The van der Waals surface area contributed by atoms with E-state index in [1.54, 1.807) is 0 Å². The van der Waals surface area contributed by atoms with Crippen LogP contribution in [0.25, 0.3) is 0 Å². The van der Waals surface area contributed by atoms with E-state index in [1.165, 1.54) is 25.7 Å². The van der Waals surface area contributed by atoms with Gasteiger partial charge in [0.1, 0.15) is 12.5 Å². The maximum atomic E-state index is 5.95. The highest BCUT2D eigenvalue weighted by Crippen LogP contribution is 2.41. The van der Waals surface area contributed by atoms with Crippen molar-refractivity contribution in [2.75, 3.05) is 7.05 Å². The van der Waals surface area contributed by atoms with E-state index in [9.17, 15) is 0 Å². The number of ether oxygens (including phenoxy) is 1. The molecule has 0 aromatic carbocycles. The third-order valence-corrected chi connectivity index (χ3v) is 4.64. The maximum Gasteiger partial charge on any atom is 0.125 e. The van der Waals surface area contributed by atoms with E-state index in [1.807, 2.05) is 0 Å². The van der Waals surface area contributed by atoms with E-state index >= 15 is 0 Å². The van der Waals surface area contributed by atoms with Gasteiger partial charge in [0.05, 0.1) is 0 Å². The van der Waals surface area contributed by atoms with Gasteiger partial charge in [-0.05, 0) is 49.9 Å². The first kappa shape index (κ1) is 13.3. The van der Waals surface area contributed by atoms with Crippen LogP contribution in [0.1, 0.15) is 53.4 Å². The molecule has 3 nitrogen and oxygen atoms in total. The van der Waals surface area contributed by atoms with Gasteiger partial charge in [0, 0.05) is 7.05 Å². The standard InChI is InChI=1S/C14H28N2O/c1-10-16(5)15-13(17-10)11-6-8-12(9-7-11)14(2,3)4/h10-13,15H,6-9H2,1-5H3. The predicted octanol–water partition coefficient (Wildman–Crippen LogP) is 2.98. The Balaban J connectivity index is 1.84. The summed E-state index contributed by atoms with van der Waals surface area (Å²) < 4.78 is 5.95. The minimum absolute atomic E-state index is 0.209. The number of hydrogen-bond acceptors (Lipinski definition) is 3. The van der Waals surface area contributed by atoms with Gasteiger partial charge in [0.25, 0.3) is 0 Å². The molecule has 0 spiro atoms. The number of nitrogens with one attached hydrogen (secondary N) is 1. The predicted molar refractivity (Wildman–Crippen MR) is 70.1 cm³/mol. The minimum atomic E-state index is 0.209. The lowest BCUT2D eigenvalue weighted by Gasteiger charge is -2.38. The van der Waals surface area contributed by atoms with Crippen molar-refractivity contribution in [3.8, 4) is 0 Å². The number of hydrogen-bond donors (Lipinski definition) is 1. The first-order chi connectivity index (χ1) is 7.88. The summed E-state index contributed by atoms with van der Waals surface area (Å²) in [7, 11) is 2.06. The molecule has 0 aromatic rings. The molecule has 1 aliphatic carbocycles. The smallest absolute Gasteiger partial charge is 0.125 e. The molecule has 2 aliphatic rings. The van der Waals surface area contributed by atoms with Crippen LogP contribution in [0.15, 0.2) is 0 Å². The van der Waals surface area contributed by atoms with Gasteiger partial charge in [-0.15, -0.1) is 0 Å². The van der Waals surface area contributed by atoms with Crippen LogP contribution >= 0.6 is 0 Å². The molecule has 0 bridgehead atoms. The summed E-state index contributed by atoms with van der Waals surface area (Å²) in [5.74, 6) is 1.58. The number of hydrazine groups is 1. The molecule has 1 aliphatic heterocycles. The van der Waals surface area contributed by atoms with E-state index in [2.05, 4.69) is 45.2 Å². The zero-order chi connectivity index (χ0) is 12.6. The first-order valence-corrected chi connectivity index (χ1v) is 7.02. The van der Waals surface area contributed by atoms with Crippen molar-refractivity contribution in [2.24, 2.45) is 17.3 Å². The van der Waals surface area contributed by atoms with Crippen molar-refractivity contribution >= 4 is 0 Å².